The molecule has 0 radical (unpaired) electrons. The smallest absolute Gasteiger partial charge is 0.196 e. The molecule has 0 spiro atoms. The van der Waals surface area contributed by atoms with Crippen molar-refractivity contribution in [3.05, 3.63) is 64.7 Å². The minimum Gasteiger partial charge on any atom is -0.496 e. The number of benzene rings is 2. The SMILES string of the molecule is CCCc1cccc(C(=O)c2ccc(C)cc2OC)c1. The summed E-state index contributed by atoms with van der Waals surface area (Å²) >= 11 is 0. The van der Waals surface area contributed by atoms with E-state index in [2.05, 4.69) is 13.0 Å². The highest BCUT2D eigenvalue weighted by Gasteiger charge is 2.14. The van der Waals surface area contributed by atoms with Crippen molar-refractivity contribution in [2.75, 3.05) is 7.11 Å². The Bertz CT molecular complexity index is 615. The summed E-state index contributed by atoms with van der Waals surface area (Å²) in [6, 6.07) is 13.5. The van der Waals surface area contributed by atoms with Gasteiger partial charge in [-0.1, -0.05) is 37.6 Å². The number of rotatable bonds is 5. The van der Waals surface area contributed by atoms with Crippen molar-refractivity contribution in [2.24, 2.45) is 0 Å². The number of carbonyl (C=O) groups is 1. The molecule has 0 atom stereocenters. The zero-order valence-corrected chi connectivity index (χ0v) is 12.3. The van der Waals surface area contributed by atoms with Crippen LogP contribution in [0.25, 0.3) is 0 Å². The van der Waals surface area contributed by atoms with Gasteiger partial charge in [0.25, 0.3) is 0 Å². The predicted molar refractivity (Wildman–Crippen MR) is 81.6 cm³/mol. The summed E-state index contributed by atoms with van der Waals surface area (Å²) in [4.78, 5) is 12.6. The van der Waals surface area contributed by atoms with Crippen molar-refractivity contribution in [3.8, 4) is 5.75 Å². The molecule has 2 aromatic carbocycles. The van der Waals surface area contributed by atoms with Gasteiger partial charge in [0.15, 0.2) is 5.78 Å². The maximum Gasteiger partial charge on any atom is 0.196 e. The molecule has 0 amide bonds. The zero-order chi connectivity index (χ0) is 14.5. The first-order valence-corrected chi connectivity index (χ1v) is 6.94. The summed E-state index contributed by atoms with van der Waals surface area (Å²) in [5.41, 5.74) is 3.62. The molecule has 0 unspecified atom stereocenters. The van der Waals surface area contributed by atoms with Gasteiger partial charge in [0.2, 0.25) is 0 Å². The lowest BCUT2D eigenvalue weighted by molar-refractivity contribution is 0.103. The van der Waals surface area contributed by atoms with E-state index in [-0.39, 0.29) is 5.78 Å². The van der Waals surface area contributed by atoms with Crippen LogP contribution in [0, 0.1) is 6.92 Å². The molecule has 0 saturated carbocycles. The second-order valence-corrected chi connectivity index (χ2v) is 4.98. The van der Waals surface area contributed by atoms with Crippen LogP contribution in [0.3, 0.4) is 0 Å². The van der Waals surface area contributed by atoms with Crippen LogP contribution in [0.2, 0.25) is 0 Å². The molecule has 0 aliphatic rings. The lowest BCUT2D eigenvalue weighted by Crippen LogP contribution is -2.05. The highest BCUT2D eigenvalue weighted by molar-refractivity contribution is 6.10. The molecule has 0 saturated heterocycles. The number of methoxy groups -OCH3 is 1. The molecule has 20 heavy (non-hydrogen) atoms. The van der Waals surface area contributed by atoms with Crippen LogP contribution in [0.1, 0.15) is 40.4 Å². The van der Waals surface area contributed by atoms with Crippen LogP contribution in [-0.2, 0) is 6.42 Å². The van der Waals surface area contributed by atoms with Crippen LogP contribution in [0.4, 0.5) is 0 Å². The average molecular weight is 268 g/mol. The number of ketones is 1. The summed E-state index contributed by atoms with van der Waals surface area (Å²) in [6.07, 6.45) is 2.07. The van der Waals surface area contributed by atoms with Gasteiger partial charge in [-0.2, -0.15) is 0 Å². The largest absolute Gasteiger partial charge is 0.496 e. The third kappa shape index (κ3) is 3.08. The van der Waals surface area contributed by atoms with Gasteiger partial charge >= 0.3 is 0 Å². The van der Waals surface area contributed by atoms with Crippen molar-refractivity contribution in [2.45, 2.75) is 26.7 Å². The lowest BCUT2D eigenvalue weighted by atomic mass is 9.98. The van der Waals surface area contributed by atoms with E-state index in [4.69, 9.17) is 4.74 Å². The Balaban J connectivity index is 2.38. The van der Waals surface area contributed by atoms with E-state index in [1.807, 2.05) is 43.3 Å². The second-order valence-electron chi connectivity index (χ2n) is 4.98. The van der Waals surface area contributed by atoms with Crippen LogP contribution < -0.4 is 4.74 Å². The molecule has 104 valence electrons. The van der Waals surface area contributed by atoms with E-state index in [1.165, 1.54) is 5.56 Å². The molecule has 2 heteroatoms. The Morgan fingerprint density at radius 2 is 1.95 bits per heavy atom. The average Bonchev–Trinajstić information content (AvgIpc) is 2.47. The molecular formula is C18H20O2. The van der Waals surface area contributed by atoms with Gasteiger partial charge in [0.1, 0.15) is 5.75 Å². The number of ether oxygens (including phenoxy) is 1. The highest BCUT2D eigenvalue weighted by Crippen LogP contribution is 2.23. The minimum absolute atomic E-state index is 0.0137. The first kappa shape index (κ1) is 14.3. The molecule has 0 heterocycles. The predicted octanol–water partition coefficient (Wildman–Crippen LogP) is 4.19. The van der Waals surface area contributed by atoms with Gasteiger partial charge in [-0.3, -0.25) is 4.79 Å². The van der Waals surface area contributed by atoms with Gasteiger partial charge in [-0.25, -0.2) is 0 Å². The molecule has 2 aromatic rings. The Morgan fingerprint density at radius 1 is 1.15 bits per heavy atom. The first-order chi connectivity index (χ1) is 9.65. The normalized spacial score (nSPS) is 10.3. The Hall–Kier alpha value is -2.09. The molecule has 0 aliphatic heterocycles. The van der Waals surface area contributed by atoms with E-state index >= 15 is 0 Å². The first-order valence-electron chi connectivity index (χ1n) is 6.94. The van der Waals surface area contributed by atoms with E-state index in [1.54, 1.807) is 7.11 Å². The zero-order valence-electron chi connectivity index (χ0n) is 12.3. The Labute approximate surface area is 120 Å². The number of carbonyl (C=O) groups excluding carboxylic acids is 1. The standard InChI is InChI=1S/C18H20O2/c1-4-6-14-7-5-8-15(12-14)18(19)16-10-9-13(2)11-17(16)20-3/h5,7-12H,4,6H2,1-3H3. The van der Waals surface area contributed by atoms with E-state index < -0.39 is 0 Å². The monoisotopic (exact) mass is 268 g/mol. The van der Waals surface area contributed by atoms with Crippen molar-refractivity contribution in [1.82, 2.24) is 0 Å². The third-order valence-electron chi connectivity index (χ3n) is 3.33. The lowest BCUT2D eigenvalue weighted by Gasteiger charge is -2.09. The summed E-state index contributed by atoms with van der Waals surface area (Å²) in [5, 5.41) is 0. The third-order valence-corrected chi connectivity index (χ3v) is 3.33. The Morgan fingerprint density at radius 3 is 2.65 bits per heavy atom. The molecule has 2 rings (SSSR count). The summed E-state index contributed by atoms with van der Waals surface area (Å²) in [5.74, 6) is 0.649. The summed E-state index contributed by atoms with van der Waals surface area (Å²) in [7, 11) is 1.60. The van der Waals surface area contributed by atoms with E-state index in [0.29, 0.717) is 11.3 Å². The summed E-state index contributed by atoms with van der Waals surface area (Å²) in [6.45, 7) is 4.12. The van der Waals surface area contributed by atoms with Crippen LogP contribution in [0.5, 0.6) is 5.75 Å². The van der Waals surface area contributed by atoms with Crippen LogP contribution in [0.15, 0.2) is 42.5 Å². The number of hydrogen-bond acceptors (Lipinski definition) is 2. The van der Waals surface area contributed by atoms with E-state index in [9.17, 15) is 4.79 Å². The van der Waals surface area contributed by atoms with E-state index in [0.717, 1.165) is 24.0 Å². The van der Waals surface area contributed by atoms with Crippen molar-refractivity contribution in [1.29, 1.82) is 0 Å². The number of aryl methyl sites for hydroxylation is 2. The highest BCUT2D eigenvalue weighted by atomic mass is 16.5. The van der Waals surface area contributed by atoms with Gasteiger partial charge < -0.3 is 4.74 Å². The fourth-order valence-corrected chi connectivity index (χ4v) is 2.30. The quantitative estimate of drug-likeness (QED) is 0.760. The van der Waals surface area contributed by atoms with Crippen LogP contribution >= 0.6 is 0 Å². The van der Waals surface area contributed by atoms with Crippen LogP contribution in [-0.4, -0.2) is 12.9 Å². The summed E-state index contributed by atoms with van der Waals surface area (Å²) < 4.78 is 5.33. The topological polar surface area (TPSA) is 26.3 Å². The van der Waals surface area contributed by atoms with Gasteiger partial charge in [-0.15, -0.1) is 0 Å². The van der Waals surface area contributed by atoms with Crippen molar-refractivity contribution < 1.29 is 9.53 Å². The molecule has 2 nitrogen and oxygen atoms in total. The molecule has 0 bridgehead atoms. The molecule has 0 N–H and O–H groups in total. The maximum atomic E-state index is 12.6. The Kier molecular flexibility index (Phi) is 4.57. The van der Waals surface area contributed by atoms with Crippen molar-refractivity contribution in [3.63, 3.8) is 0 Å². The fourth-order valence-electron chi connectivity index (χ4n) is 2.30. The number of hydrogen-bond donors (Lipinski definition) is 0. The molecule has 0 aliphatic carbocycles. The van der Waals surface area contributed by atoms with Gasteiger partial charge in [0, 0.05) is 5.56 Å². The molecular weight excluding hydrogens is 248 g/mol. The van der Waals surface area contributed by atoms with Gasteiger partial charge in [0.05, 0.1) is 12.7 Å². The second kappa shape index (κ2) is 6.38. The molecule has 0 aromatic heterocycles. The van der Waals surface area contributed by atoms with Gasteiger partial charge in [-0.05, 0) is 42.7 Å². The minimum atomic E-state index is 0.0137. The van der Waals surface area contributed by atoms with Crippen molar-refractivity contribution >= 4 is 5.78 Å². The molecule has 0 fully saturated rings. The maximum absolute atomic E-state index is 12.6. The fraction of sp³-hybridized carbons (Fsp3) is 0.278.